The quantitative estimate of drug-likeness (QED) is 0.766. The molecule has 2 amide bonds. The van der Waals surface area contributed by atoms with Crippen LogP contribution in [0.2, 0.25) is 0 Å². The van der Waals surface area contributed by atoms with Gasteiger partial charge in [-0.15, -0.1) is 0 Å². The van der Waals surface area contributed by atoms with Crippen LogP contribution in [0.5, 0.6) is 5.75 Å². The highest BCUT2D eigenvalue weighted by atomic mass is 19.1. The summed E-state index contributed by atoms with van der Waals surface area (Å²) in [5, 5.41) is 0. The molecule has 1 aromatic carbocycles. The van der Waals surface area contributed by atoms with Gasteiger partial charge in [0.2, 0.25) is 11.7 Å². The molecule has 7 heteroatoms. The molecule has 1 spiro atoms. The summed E-state index contributed by atoms with van der Waals surface area (Å²) in [5.74, 6) is -0.950. The Morgan fingerprint density at radius 3 is 2.73 bits per heavy atom. The average Bonchev–Trinajstić information content (AvgIpc) is 3.05. The molecule has 6 nitrogen and oxygen atoms in total. The molecule has 2 saturated heterocycles. The van der Waals surface area contributed by atoms with E-state index in [0.29, 0.717) is 37.2 Å². The zero-order chi connectivity index (χ0) is 18.9. The van der Waals surface area contributed by atoms with E-state index in [4.69, 9.17) is 4.74 Å². The molecule has 2 aliphatic heterocycles. The summed E-state index contributed by atoms with van der Waals surface area (Å²) < 4.78 is 19.3. The third kappa shape index (κ3) is 3.30. The second-order valence-electron chi connectivity index (χ2n) is 7.10. The van der Waals surface area contributed by atoms with Crippen LogP contribution in [-0.2, 0) is 20.9 Å². The fraction of sp³-hybridized carbons (Fsp3) is 0.526. The summed E-state index contributed by atoms with van der Waals surface area (Å²) in [4.78, 5) is 39.5. The Bertz CT molecular complexity index is 751. The Labute approximate surface area is 151 Å². The number of ketones is 1. The van der Waals surface area contributed by atoms with Crippen molar-refractivity contribution >= 4 is 17.6 Å². The predicted octanol–water partition coefficient (Wildman–Crippen LogP) is 1.76. The van der Waals surface area contributed by atoms with Gasteiger partial charge in [-0.1, -0.05) is 0 Å². The van der Waals surface area contributed by atoms with Gasteiger partial charge in [-0.25, -0.2) is 4.39 Å². The molecule has 1 atom stereocenters. The molecule has 0 unspecified atom stereocenters. The van der Waals surface area contributed by atoms with E-state index in [1.54, 1.807) is 17.0 Å². The van der Waals surface area contributed by atoms with Crippen molar-refractivity contribution in [3.05, 3.63) is 29.6 Å². The monoisotopic (exact) mass is 362 g/mol. The van der Waals surface area contributed by atoms with E-state index in [2.05, 4.69) is 0 Å². The van der Waals surface area contributed by atoms with Crippen LogP contribution in [0.4, 0.5) is 4.39 Å². The zero-order valence-corrected chi connectivity index (χ0v) is 15.1. The van der Waals surface area contributed by atoms with Gasteiger partial charge >= 0.3 is 0 Å². The van der Waals surface area contributed by atoms with Crippen molar-refractivity contribution in [3.8, 4) is 5.75 Å². The maximum Gasteiger partial charge on any atom is 0.289 e. The molecule has 0 aromatic heterocycles. The first-order valence-electron chi connectivity index (χ1n) is 8.78. The van der Waals surface area contributed by atoms with E-state index in [-0.39, 0.29) is 24.8 Å². The van der Waals surface area contributed by atoms with Gasteiger partial charge in [-0.3, -0.25) is 14.4 Å². The molecule has 0 radical (unpaired) electrons. The summed E-state index contributed by atoms with van der Waals surface area (Å²) in [5.41, 5.74) is -0.247. The maximum atomic E-state index is 14.1. The number of carbonyl (C=O) groups excluding carboxylic acids is 3. The number of piperidine rings is 1. The second kappa shape index (κ2) is 7.05. The van der Waals surface area contributed by atoms with Crippen molar-refractivity contribution in [3.63, 3.8) is 0 Å². The van der Waals surface area contributed by atoms with Crippen LogP contribution in [0.25, 0.3) is 0 Å². The number of likely N-dealkylation sites (tertiary alicyclic amines) is 2. The van der Waals surface area contributed by atoms with Gasteiger partial charge in [0.05, 0.1) is 12.5 Å². The summed E-state index contributed by atoms with van der Waals surface area (Å²) >= 11 is 0. The maximum absolute atomic E-state index is 14.1. The summed E-state index contributed by atoms with van der Waals surface area (Å²) in [6.07, 6.45) is 2.02. The standard InChI is InChI=1S/C19H23FN2O4/c1-13(23)17(24)22-9-7-19(12-22)6-3-8-21(18(19)25)11-14-10-15(26-2)4-5-16(14)20/h4-5,10H,3,6-9,11-12H2,1-2H3/t19-/m0/s1. The van der Waals surface area contributed by atoms with Crippen molar-refractivity contribution in [1.82, 2.24) is 9.80 Å². The molecule has 140 valence electrons. The van der Waals surface area contributed by atoms with Gasteiger partial charge in [-0.2, -0.15) is 0 Å². The van der Waals surface area contributed by atoms with Gasteiger partial charge < -0.3 is 14.5 Å². The number of hydrogen-bond acceptors (Lipinski definition) is 4. The summed E-state index contributed by atoms with van der Waals surface area (Å²) in [6.45, 7) is 2.64. The zero-order valence-electron chi connectivity index (χ0n) is 15.1. The van der Waals surface area contributed by atoms with Crippen LogP contribution in [-0.4, -0.2) is 54.1 Å². The first-order valence-corrected chi connectivity index (χ1v) is 8.78. The molecule has 26 heavy (non-hydrogen) atoms. The molecule has 2 aliphatic rings. The van der Waals surface area contributed by atoms with Gasteiger partial charge in [0, 0.05) is 38.7 Å². The van der Waals surface area contributed by atoms with E-state index in [1.165, 1.54) is 25.0 Å². The highest BCUT2D eigenvalue weighted by molar-refractivity contribution is 6.35. The first kappa shape index (κ1) is 18.4. The van der Waals surface area contributed by atoms with Crippen molar-refractivity contribution in [2.45, 2.75) is 32.7 Å². The fourth-order valence-electron chi connectivity index (χ4n) is 3.95. The van der Waals surface area contributed by atoms with Crippen molar-refractivity contribution in [1.29, 1.82) is 0 Å². The normalized spacial score (nSPS) is 22.8. The largest absolute Gasteiger partial charge is 0.497 e. The van der Waals surface area contributed by atoms with Crippen LogP contribution in [0.15, 0.2) is 18.2 Å². The lowest BCUT2D eigenvalue weighted by Crippen LogP contribution is -2.50. The lowest BCUT2D eigenvalue weighted by molar-refractivity contribution is -0.148. The van der Waals surface area contributed by atoms with Crippen LogP contribution < -0.4 is 4.74 Å². The van der Waals surface area contributed by atoms with E-state index in [9.17, 15) is 18.8 Å². The Hall–Kier alpha value is -2.44. The highest BCUT2D eigenvalue weighted by Crippen LogP contribution is 2.40. The lowest BCUT2D eigenvalue weighted by atomic mass is 9.78. The SMILES string of the molecule is COc1ccc(F)c(CN2CCC[C@@]3(CCN(C(=O)C(C)=O)C3)C2=O)c1. The third-order valence-corrected chi connectivity index (χ3v) is 5.38. The Kier molecular flexibility index (Phi) is 4.98. The molecule has 0 saturated carbocycles. The van der Waals surface area contributed by atoms with Crippen LogP contribution >= 0.6 is 0 Å². The number of Topliss-reactive ketones (excluding diaryl/α,β-unsaturated/α-hetero) is 1. The summed E-state index contributed by atoms with van der Waals surface area (Å²) in [6, 6.07) is 4.48. The van der Waals surface area contributed by atoms with E-state index < -0.39 is 17.1 Å². The first-order chi connectivity index (χ1) is 12.4. The number of benzene rings is 1. The van der Waals surface area contributed by atoms with Crippen LogP contribution in [0, 0.1) is 11.2 Å². The number of nitrogens with zero attached hydrogens (tertiary/aromatic N) is 2. The van der Waals surface area contributed by atoms with E-state index >= 15 is 0 Å². The number of hydrogen-bond donors (Lipinski definition) is 0. The highest BCUT2D eigenvalue weighted by Gasteiger charge is 2.49. The smallest absolute Gasteiger partial charge is 0.289 e. The molecule has 0 aliphatic carbocycles. The fourth-order valence-corrected chi connectivity index (χ4v) is 3.95. The summed E-state index contributed by atoms with van der Waals surface area (Å²) in [7, 11) is 1.51. The third-order valence-electron chi connectivity index (χ3n) is 5.38. The minimum atomic E-state index is -0.654. The topological polar surface area (TPSA) is 66.9 Å². The number of rotatable bonds is 4. The molecule has 3 rings (SSSR count). The van der Waals surface area contributed by atoms with Gasteiger partial charge in [0.25, 0.3) is 5.91 Å². The minimum absolute atomic E-state index is 0.0650. The van der Waals surface area contributed by atoms with Gasteiger partial charge in [-0.05, 0) is 37.5 Å². The van der Waals surface area contributed by atoms with E-state index in [0.717, 1.165) is 6.42 Å². The number of amides is 2. The van der Waals surface area contributed by atoms with Crippen LogP contribution in [0.3, 0.4) is 0 Å². The molecular weight excluding hydrogens is 339 g/mol. The number of methoxy groups -OCH3 is 1. The Morgan fingerprint density at radius 1 is 1.27 bits per heavy atom. The Morgan fingerprint density at radius 2 is 2.04 bits per heavy atom. The molecular formula is C19H23FN2O4. The van der Waals surface area contributed by atoms with Crippen molar-refractivity contribution in [2.75, 3.05) is 26.7 Å². The molecule has 2 fully saturated rings. The molecule has 0 N–H and O–H groups in total. The van der Waals surface area contributed by atoms with Gasteiger partial charge in [0.15, 0.2) is 0 Å². The molecule has 1 aromatic rings. The second-order valence-corrected chi connectivity index (χ2v) is 7.10. The minimum Gasteiger partial charge on any atom is -0.497 e. The number of halogens is 1. The predicted molar refractivity (Wildman–Crippen MR) is 91.9 cm³/mol. The van der Waals surface area contributed by atoms with Crippen LogP contribution in [0.1, 0.15) is 31.7 Å². The van der Waals surface area contributed by atoms with Crippen molar-refractivity contribution < 1.29 is 23.5 Å². The van der Waals surface area contributed by atoms with Gasteiger partial charge in [0.1, 0.15) is 11.6 Å². The Balaban J connectivity index is 1.77. The lowest BCUT2D eigenvalue weighted by Gasteiger charge is -2.39. The number of ether oxygens (including phenoxy) is 1. The van der Waals surface area contributed by atoms with E-state index in [1.807, 2.05) is 0 Å². The van der Waals surface area contributed by atoms with Crippen molar-refractivity contribution in [2.24, 2.45) is 5.41 Å². The number of carbonyl (C=O) groups is 3. The molecule has 0 bridgehead atoms. The molecule has 2 heterocycles. The average molecular weight is 362 g/mol.